The number of aliphatic carboxylic acids is 1. The number of carboxylic acid groups (broad SMARTS) is 1. The molecule has 3 heteroatoms. The molecule has 0 aliphatic heterocycles. The van der Waals surface area contributed by atoms with Gasteiger partial charge in [0.25, 0.3) is 0 Å². The highest BCUT2D eigenvalue weighted by Crippen LogP contribution is 2.26. The Morgan fingerprint density at radius 1 is 1.25 bits per heavy atom. The van der Waals surface area contributed by atoms with Gasteiger partial charge in [-0.1, -0.05) is 0 Å². The van der Waals surface area contributed by atoms with Crippen molar-refractivity contribution in [2.45, 2.75) is 31.7 Å². The smallest absolute Gasteiger partial charge is 0.306 e. The minimum atomic E-state index is -0.618. The van der Waals surface area contributed by atoms with Gasteiger partial charge in [0.15, 0.2) is 0 Å². The van der Waals surface area contributed by atoms with E-state index in [1.165, 1.54) is 0 Å². The lowest BCUT2D eigenvalue weighted by molar-refractivity contribution is -0.143. The Morgan fingerprint density at radius 3 is 2.08 bits per heavy atom. The fourth-order valence-electron chi connectivity index (χ4n) is 1.84. The lowest BCUT2D eigenvalue weighted by Crippen LogP contribution is -2.33. The average molecular weight is 171 g/mol. The molecule has 3 nitrogen and oxygen atoms in total. The molecule has 12 heavy (non-hydrogen) atoms. The largest absolute Gasteiger partial charge is 0.481 e. The van der Waals surface area contributed by atoms with Crippen LogP contribution in [0.1, 0.15) is 25.7 Å². The number of rotatable bonds is 2. The Hall–Kier alpha value is -0.570. The number of hydrogen-bond donors (Lipinski definition) is 1. The first-order valence-electron chi connectivity index (χ1n) is 4.50. The number of hydrogen-bond acceptors (Lipinski definition) is 2. The Labute approximate surface area is 73.4 Å². The molecule has 1 fully saturated rings. The van der Waals surface area contributed by atoms with E-state index >= 15 is 0 Å². The van der Waals surface area contributed by atoms with Crippen LogP contribution in [0.15, 0.2) is 0 Å². The topological polar surface area (TPSA) is 40.5 Å². The summed E-state index contributed by atoms with van der Waals surface area (Å²) in [6.07, 6.45) is 3.75. The van der Waals surface area contributed by atoms with Crippen LogP contribution in [0.2, 0.25) is 0 Å². The molecule has 1 aliphatic carbocycles. The third-order valence-electron chi connectivity index (χ3n) is 2.78. The van der Waals surface area contributed by atoms with Gasteiger partial charge in [0.1, 0.15) is 0 Å². The number of nitrogens with zero attached hydrogens (tertiary/aromatic N) is 1. The maximum atomic E-state index is 10.6. The third-order valence-corrected chi connectivity index (χ3v) is 2.78. The molecule has 0 bridgehead atoms. The van der Waals surface area contributed by atoms with Crippen molar-refractivity contribution in [3.63, 3.8) is 0 Å². The summed E-state index contributed by atoms with van der Waals surface area (Å²) in [5.41, 5.74) is 0. The number of carboxylic acids is 1. The summed E-state index contributed by atoms with van der Waals surface area (Å²) in [5, 5.41) is 8.75. The first-order valence-corrected chi connectivity index (χ1v) is 4.50. The number of carbonyl (C=O) groups is 1. The zero-order valence-electron chi connectivity index (χ0n) is 7.79. The fourth-order valence-corrected chi connectivity index (χ4v) is 1.84. The third kappa shape index (κ3) is 2.21. The van der Waals surface area contributed by atoms with Crippen molar-refractivity contribution in [2.75, 3.05) is 14.1 Å². The molecule has 1 N–H and O–H groups in total. The second-order valence-electron chi connectivity index (χ2n) is 3.81. The summed E-state index contributed by atoms with van der Waals surface area (Å²) in [5.74, 6) is -0.701. The standard InChI is InChI=1S/C9H17NO2/c1-10(2)8-5-3-7(4-6-8)9(11)12/h7-8H,3-6H2,1-2H3,(H,11,12)/t7-,8-. The van der Waals surface area contributed by atoms with Gasteiger partial charge < -0.3 is 10.0 Å². The fraction of sp³-hybridized carbons (Fsp3) is 0.889. The molecule has 0 amide bonds. The highest BCUT2D eigenvalue weighted by atomic mass is 16.4. The van der Waals surface area contributed by atoms with Crippen molar-refractivity contribution >= 4 is 5.97 Å². The Balaban J connectivity index is 2.34. The van der Waals surface area contributed by atoms with Crippen LogP contribution in [0.5, 0.6) is 0 Å². The molecule has 0 aromatic carbocycles. The van der Waals surface area contributed by atoms with Crippen molar-refractivity contribution in [1.82, 2.24) is 4.90 Å². The molecule has 0 radical (unpaired) electrons. The predicted octanol–water partition coefficient (Wildman–Crippen LogP) is 1.19. The maximum Gasteiger partial charge on any atom is 0.306 e. The molecular weight excluding hydrogens is 154 g/mol. The lowest BCUT2D eigenvalue weighted by Gasteiger charge is -2.30. The van der Waals surface area contributed by atoms with Crippen LogP contribution in [0, 0.1) is 5.92 Å². The minimum absolute atomic E-state index is 0.0822. The zero-order valence-corrected chi connectivity index (χ0v) is 7.79. The minimum Gasteiger partial charge on any atom is -0.481 e. The first-order chi connectivity index (χ1) is 5.61. The maximum absolute atomic E-state index is 10.6. The van der Waals surface area contributed by atoms with Gasteiger partial charge in [-0.15, -0.1) is 0 Å². The van der Waals surface area contributed by atoms with Gasteiger partial charge in [-0.2, -0.15) is 0 Å². The van der Waals surface area contributed by atoms with Gasteiger partial charge >= 0.3 is 5.97 Å². The molecule has 0 unspecified atom stereocenters. The Bertz CT molecular complexity index is 160. The van der Waals surface area contributed by atoms with E-state index in [0.717, 1.165) is 25.7 Å². The van der Waals surface area contributed by atoms with E-state index in [4.69, 9.17) is 5.11 Å². The van der Waals surface area contributed by atoms with Gasteiger partial charge in [-0.25, -0.2) is 0 Å². The van der Waals surface area contributed by atoms with Crippen LogP contribution in [0.4, 0.5) is 0 Å². The van der Waals surface area contributed by atoms with Crippen LogP contribution in [-0.4, -0.2) is 36.1 Å². The highest BCUT2D eigenvalue weighted by molar-refractivity contribution is 5.70. The molecule has 1 saturated carbocycles. The average Bonchev–Trinajstić information content (AvgIpc) is 2.04. The van der Waals surface area contributed by atoms with Gasteiger partial charge in [-0.05, 0) is 39.8 Å². The van der Waals surface area contributed by atoms with E-state index in [0.29, 0.717) is 6.04 Å². The van der Waals surface area contributed by atoms with E-state index in [1.54, 1.807) is 0 Å². The van der Waals surface area contributed by atoms with Crippen molar-refractivity contribution < 1.29 is 9.90 Å². The quantitative estimate of drug-likeness (QED) is 0.678. The van der Waals surface area contributed by atoms with Gasteiger partial charge in [0.05, 0.1) is 5.92 Å². The van der Waals surface area contributed by atoms with E-state index in [9.17, 15) is 4.79 Å². The summed E-state index contributed by atoms with van der Waals surface area (Å²) >= 11 is 0. The van der Waals surface area contributed by atoms with Crippen molar-refractivity contribution in [1.29, 1.82) is 0 Å². The van der Waals surface area contributed by atoms with Crippen LogP contribution in [0.25, 0.3) is 0 Å². The van der Waals surface area contributed by atoms with Crippen molar-refractivity contribution in [3.8, 4) is 0 Å². The van der Waals surface area contributed by atoms with E-state index < -0.39 is 5.97 Å². The molecule has 0 aromatic heterocycles. The van der Waals surface area contributed by atoms with Crippen LogP contribution < -0.4 is 0 Å². The monoisotopic (exact) mass is 171 g/mol. The van der Waals surface area contributed by atoms with E-state index in [2.05, 4.69) is 19.0 Å². The molecular formula is C9H17NO2. The second-order valence-corrected chi connectivity index (χ2v) is 3.81. The molecule has 1 rings (SSSR count). The second kappa shape index (κ2) is 3.90. The summed E-state index contributed by atoms with van der Waals surface area (Å²) in [4.78, 5) is 12.8. The molecule has 0 aromatic rings. The Kier molecular flexibility index (Phi) is 3.09. The van der Waals surface area contributed by atoms with Crippen LogP contribution in [-0.2, 0) is 4.79 Å². The summed E-state index contributed by atoms with van der Waals surface area (Å²) in [6.45, 7) is 0. The van der Waals surface area contributed by atoms with Gasteiger partial charge in [-0.3, -0.25) is 4.79 Å². The lowest BCUT2D eigenvalue weighted by atomic mass is 9.86. The van der Waals surface area contributed by atoms with Crippen LogP contribution in [0.3, 0.4) is 0 Å². The molecule has 0 spiro atoms. The molecule has 0 heterocycles. The van der Waals surface area contributed by atoms with Gasteiger partial charge in [0.2, 0.25) is 0 Å². The van der Waals surface area contributed by atoms with Crippen molar-refractivity contribution in [3.05, 3.63) is 0 Å². The van der Waals surface area contributed by atoms with E-state index in [1.807, 2.05) is 0 Å². The zero-order chi connectivity index (χ0) is 9.14. The predicted molar refractivity (Wildman–Crippen MR) is 47.1 cm³/mol. The summed E-state index contributed by atoms with van der Waals surface area (Å²) < 4.78 is 0. The summed E-state index contributed by atoms with van der Waals surface area (Å²) in [6, 6.07) is 0.598. The molecule has 70 valence electrons. The van der Waals surface area contributed by atoms with Crippen LogP contribution >= 0.6 is 0 Å². The molecule has 0 atom stereocenters. The molecule has 1 aliphatic rings. The molecule has 0 saturated heterocycles. The SMILES string of the molecule is CN(C)[C@H]1CC[C@H](C(=O)O)CC1. The van der Waals surface area contributed by atoms with E-state index in [-0.39, 0.29) is 5.92 Å². The normalized spacial score (nSPS) is 30.6. The first kappa shape index (κ1) is 9.52. The highest BCUT2D eigenvalue weighted by Gasteiger charge is 2.26. The summed E-state index contributed by atoms with van der Waals surface area (Å²) in [7, 11) is 4.12. The Morgan fingerprint density at radius 2 is 1.75 bits per heavy atom. The van der Waals surface area contributed by atoms with Gasteiger partial charge in [0, 0.05) is 6.04 Å². The van der Waals surface area contributed by atoms with Crippen molar-refractivity contribution in [2.24, 2.45) is 5.92 Å².